The summed E-state index contributed by atoms with van der Waals surface area (Å²) in [5.74, 6) is -0.232. The lowest BCUT2D eigenvalue weighted by Crippen LogP contribution is -2.35. The van der Waals surface area contributed by atoms with Crippen molar-refractivity contribution in [2.24, 2.45) is 11.7 Å². The van der Waals surface area contributed by atoms with Gasteiger partial charge in [0.2, 0.25) is 5.91 Å². The standard InChI is InChI=1S/C16H25N3O2/c1-12(13(2)17)16(20)18-15-5-3-14(4-6-15)11-19-7-9-21-10-8-19/h3-6,12-13H,7-11,17H2,1-2H3,(H,18,20). The van der Waals surface area contributed by atoms with E-state index in [1.807, 2.05) is 26.0 Å². The second-order valence-corrected chi connectivity index (χ2v) is 5.72. The van der Waals surface area contributed by atoms with Gasteiger partial charge in [-0.05, 0) is 24.6 Å². The minimum atomic E-state index is -0.196. The number of hydrogen-bond donors (Lipinski definition) is 2. The number of nitrogens with two attached hydrogens (primary N) is 1. The normalized spacial score (nSPS) is 19.0. The zero-order chi connectivity index (χ0) is 15.2. The van der Waals surface area contributed by atoms with Crippen molar-refractivity contribution < 1.29 is 9.53 Å². The smallest absolute Gasteiger partial charge is 0.228 e. The van der Waals surface area contributed by atoms with Crippen molar-refractivity contribution in [2.45, 2.75) is 26.4 Å². The third-order valence-corrected chi connectivity index (χ3v) is 3.93. The van der Waals surface area contributed by atoms with Gasteiger partial charge >= 0.3 is 0 Å². The van der Waals surface area contributed by atoms with Gasteiger partial charge in [-0.25, -0.2) is 0 Å². The minimum absolute atomic E-state index is 0.0362. The van der Waals surface area contributed by atoms with E-state index in [0.717, 1.165) is 38.5 Å². The highest BCUT2D eigenvalue weighted by atomic mass is 16.5. The van der Waals surface area contributed by atoms with Gasteiger partial charge in [0, 0.05) is 31.4 Å². The molecule has 1 aliphatic rings. The Morgan fingerprint density at radius 1 is 1.29 bits per heavy atom. The summed E-state index contributed by atoms with van der Waals surface area (Å²) >= 11 is 0. The van der Waals surface area contributed by atoms with Crippen LogP contribution < -0.4 is 11.1 Å². The van der Waals surface area contributed by atoms with Crippen LogP contribution in [-0.2, 0) is 16.1 Å². The number of morpholine rings is 1. The monoisotopic (exact) mass is 291 g/mol. The molecule has 1 saturated heterocycles. The van der Waals surface area contributed by atoms with Crippen LogP contribution in [0.3, 0.4) is 0 Å². The molecule has 2 atom stereocenters. The second kappa shape index (κ2) is 7.54. The van der Waals surface area contributed by atoms with E-state index in [-0.39, 0.29) is 17.9 Å². The molecule has 1 aromatic rings. The Morgan fingerprint density at radius 2 is 1.90 bits per heavy atom. The Morgan fingerprint density at radius 3 is 2.48 bits per heavy atom. The molecule has 1 fully saturated rings. The fraction of sp³-hybridized carbons (Fsp3) is 0.562. The number of nitrogens with one attached hydrogen (secondary N) is 1. The summed E-state index contributed by atoms with van der Waals surface area (Å²) in [7, 11) is 0. The SMILES string of the molecule is CC(N)C(C)C(=O)Nc1ccc(CN2CCOCC2)cc1. The summed E-state index contributed by atoms with van der Waals surface area (Å²) in [4.78, 5) is 14.3. The van der Waals surface area contributed by atoms with Gasteiger partial charge in [-0.3, -0.25) is 9.69 Å². The molecule has 1 heterocycles. The summed E-state index contributed by atoms with van der Waals surface area (Å²) in [6.07, 6.45) is 0. The first kappa shape index (κ1) is 15.9. The van der Waals surface area contributed by atoms with Crippen molar-refractivity contribution in [3.8, 4) is 0 Å². The fourth-order valence-electron chi connectivity index (χ4n) is 2.21. The van der Waals surface area contributed by atoms with Crippen LogP contribution in [0.25, 0.3) is 0 Å². The number of nitrogens with zero attached hydrogens (tertiary/aromatic N) is 1. The molecule has 3 N–H and O–H groups in total. The first-order valence-electron chi connectivity index (χ1n) is 7.52. The van der Waals surface area contributed by atoms with Crippen LogP contribution in [0.15, 0.2) is 24.3 Å². The van der Waals surface area contributed by atoms with Gasteiger partial charge < -0.3 is 15.8 Å². The molecular formula is C16H25N3O2. The van der Waals surface area contributed by atoms with Gasteiger partial charge in [-0.1, -0.05) is 19.1 Å². The van der Waals surface area contributed by atoms with Gasteiger partial charge in [0.1, 0.15) is 0 Å². The molecule has 0 bridgehead atoms. The Balaban J connectivity index is 1.88. The lowest BCUT2D eigenvalue weighted by atomic mass is 10.0. The first-order valence-corrected chi connectivity index (χ1v) is 7.52. The van der Waals surface area contributed by atoms with Crippen LogP contribution in [0.2, 0.25) is 0 Å². The highest BCUT2D eigenvalue weighted by molar-refractivity contribution is 5.92. The average Bonchev–Trinajstić information content (AvgIpc) is 2.49. The molecule has 1 aliphatic heterocycles. The number of ether oxygens (including phenoxy) is 1. The Hall–Kier alpha value is -1.43. The molecule has 1 aromatic carbocycles. The second-order valence-electron chi connectivity index (χ2n) is 5.72. The number of hydrogen-bond acceptors (Lipinski definition) is 4. The topological polar surface area (TPSA) is 67.6 Å². The highest BCUT2D eigenvalue weighted by Crippen LogP contribution is 2.14. The van der Waals surface area contributed by atoms with Crippen molar-refractivity contribution in [1.29, 1.82) is 0 Å². The van der Waals surface area contributed by atoms with Gasteiger partial charge in [-0.15, -0.1) is 0 Å². The zero-order valence-electron chi connectivity index (χ0n) is 12.8. The highest BCUT2D eigenvalue weighted by Gasteiger charge is 2.17. The predicted molar refractivity (Wildman–Crippen MR) is 84.0 cm³/mol. The minimum Gasteiger partial charge on any atom is -0.379 e. The van der Waals surface area contributed by atoms with Gasteiger partial charge in [0.15, 0.2) is 0 Å². The molecule has 2 rings (SSSR count). The molecule has 21 heavy (non-hydrogen) atoms. The van der Waals surface area contributed by atoms with E-state index in [1.165, 1.54) is 5.56 Å². The molecule has 5 nitrogen and oxygen atoms in total. The maximum absolute atomic E-state index is 11.9. The number of carbonyl (C=O) groups excluding carboxylic acids is 1. The lowest BCUT2D eigenvalue weighted by Gasteiger charge is -2.26. The summed E-state index contributed by atoms with van der Waals surface area (Å²) in [6.45, 7) is 8.18. The number of benzene rings is 1. The number of anilines is 1. The van der Waals surface area contributed by atoms with Gasteiger partial charge in [0.05, 0.1) is 19.1 Å². The summed E-state index contributed by atoms with van der Waals surface area (Å²) in [5.41, 5.74) is 7.81. The maximum Gasteiger partial charge on any atom is 0.228 e. The van der Waals surface area contributed by atoms with Gasteiger partial charge in [0.25, 0.3) is 0 Å². The van der Waals surface area contributed by atoms with E-state index < -0.39 is 0 Å². The fourth-order valence-corrected chi connectivity index (χ4v) is 2.21. The Bertz CT molecular complexity index is 453. The Kier molecular flexibility index (Phi) is 5.73. The predicted octanol–water partition coefficient (Wildman–Crippen LogP) is 1.44. The molecule has 1 amide bonds. The van der Waals surface area contributed by atoms with Crippen molar-refractivity contribution >= 4 is 11.6 Å². The third-order valence-electron chi connectivity index (χ3n) is 3.93. The van der Waals surface area contributed by atoms with Gasteiger partial charge in [-0.2, -0.15) is 0 Å². The van der Waals surface area contributed by atoms with Crippen molar-refractivity contribution in [3.63, 3.8) is 0 Å². The van der Waals surface area contributed by atoms with E-state index in [0.29, 0.717) is 0 Å². The van der Waals surface area contributed by atoms with E-state index in [2.05, 4.69) is 22.3 Å². The number of rotatable bonds is 5. The molecule has 5 heteroatoms. The maximum atomic E-state index is 11.9. The first-order chi connectivity index (χ1) is 10.1. The molecule has 2 unspecified atom stereocenters. The molecule has 0 spiro atoms. The van der Waals surface area contributed by atoms with Crippen molar-refractivity contribution in [2.75, 3.05) is 31.6 Å². The van der Waals surface area contributed by atoms with Crippen LogP contribution in [0, 0.1) is 5.92 Å². The quantitative estimate of drug-likeness (QED) is 0.861. The molecule has 0 saturated carbocycles. The molecule has 0 aromatic heterocycles. The van der Waals surface area contributed by atoms with E-state index in [1.54, 1.807) is 0 Å². The largest absolute Gasteiger partial charge is 0.379 e. The molecule has 0 radical (unpaired) electrons. The number of amides is 1. The van der Waals surface area contributed by atoms with Crippen LogP contribution in [-0.4, -0.2) is 43.2 Å². The Labute approximate surface area is 126 Å². The summed E-state index contributed by atoms with van der Waals surface area (Å²) in [6, 6.07) is 7.86. The summed E-state index contributed by atoms with van der Waals surface area (Å²) in [5, 5.41) is 2.90. The van der Waals surface area contributed by atoms with Crippen LogP contribution in [0.1, 0.15) is 19.4 Å². The average molecular weight is 291 g/mol. The molecular weight excluding hydrogens is 266 g/mol. The van der Waals surface area contributed by atoms with Crippen molar-refractivity contribution in [1.82, 2.24) is 4.90 Å². The van der Waals surface area contributed by atoms with Crippen molar-refractivity contribution in [3.05, 3.63) is 29.8 Å². The van der Waals surface area contributed by atoms with E-state index in [9.17, 15) is 4.79 Å². The van der Waals surface area contributed by atoms with Crippen LogP contribution in [0.5, 0.6) is 0 Å². The molecule has 116 valence electrons. The summed E-state index contributed by atoms with van der Waals surface area (Å²) < 4.78 is 5.34. The number of carbonyl (C=O) groups is 1. The lowest BCUT2D eigenvalue weighted by molar-refractivity contribution is -0.119. The zero-order valence-corrected chi connectivity index (χ0v) is 12.8. The van der Waals surface area contributed by atoms with E-state index in [4.69, 9.17) is 10.5 Å². The third kappa shape index (κ3) is 4.81. The molecule has 0 aliphatic carbocycles. The van der Waals surface area contributed by atoms with Crippen LogP contribution >= 0.6 is 0 Å². The van der Waals surface area contributed by atoms with E-state index >= 15 is 0 Å². The van der Waals surface area contributed by atoms with Crippen LogP contribution in [0.4, 0.5) is 5.69 Å².